The van der Waals surface area contributed by atoms with Crippen molar-refractivity contribution in [2.75, 3.05) is 5.32 Å². The van der Waals surface area contributed by atoms with E-state index in [4.69, 9.17) is 10.8 Å². The number of aromatic nitrogens is 2. The molecular formula is C17H15FN4O3S. The normalized spacial score (nSPS) is 10.7. The standard InChI is InChI=1S/C17H15FN4O3S/c18-10-3-1-9(2-4-10)8-20-16-14(15(19)23)21-13(22-16)7-11-5-6-12(26-11)17(24)25/h1-6,20H,7-8H2,(H2,19,23)(H,21,22)(H,24,25). The highest BCUT2D eigenvalue weighted by Gasteiger charge is 2.16. The first-order valence-corrected chi connectivity index (χ1v) is 8.43. The Morgan fingerprint density at radius 1 is 1.23 bits per heavy atom. The largest absolute Gasteiger partial charge is 0.477 e. The van der Waals surface area contributed by atoms with Gasteiger partial charge in [0.1, 0.15) is 22.2 Å². The number of rotatable bonds is 7. The Balaban J connectivity index is 1.75. The van der Waals surface area contributed by atoms with Gasteiger partial charge in [-0.3, -0.25) is 4.79 Å². The van der Waals surface area contributed by atoms with Crippen LogP contribution >= 0.6 is 11.3 Å². The van der Waals surface area contributed by atoms with Crippen LogP contribution in [-0.2, 0) is 13.0 Å². The number of carbonyl (C=O) groups is 2. The summed E-state index contributed by atoms with van der Waals surface area (Å²) in [6, 6.07) is 9.16. The second-order valence-corrected chi connectivity index (χ2v) is 6.67. The number of aromatic amines is 1. The van der Waals surface area contributed by atoms with E-state index in [1.165, 1.54) is 18.2 Å². The number of H-pyrrole nitrogens is 1. The third-order valence-corrected chi connectivity index (χ3v) is 4.66. The van der Waals surface area contributed by atoms with Crippen molar-refractivity contribution in [1.29, 1.82) is 0 Å². The van der Waals surface area contributed by atoms with Gasteiger partial charge in [0.2, 0.25) is 0 Å². The van der Waals surface area contributed by atoms with Crippen molar-refractivity contribution in [1.82, 2.24) is 9.97 Å². The molecule has 0 saturated carbocycles. The molecule has 3 rings (SSSR count). The van der Waals surface area contributed by atoms with Gasteiger partial charge in [-0.15, -0.1) is 11.3 Å². The van der Waals surface area contributed by atoms with Crippen LogP contribution in [0.25, 0.3) is 0 Å². The van der Waals surface area contributed by atoms with Crippen LogP contribution in [0.5, 0.6) is 0 Å². The van der Waals surface area contributed by atoms with Crippen molar-refractivity contribution >= 4 is 29.0 Å². The van der Waals surface area contributed by atoms with Crippen LogP contribution in [0.15, 0.2) is 36.4 Å². The van der Waals surface area contributed by atoms with Crippen LogP contribution in [-0.4, -0.2) is 27.0 Å². The van der Waals surface area contributed by atoms with Gasteiger partial charge in [0.15, 0.2) is 5.82 Å². The van der Waals surface area contributed by atoms with Gasteiger partial charge in [-0.2, -0.15) is 0 Å². The van der Waals surface area contributed by atoms with Crippen molar-refractivity contribution in [3.05, 3.63) is 69.1 Å². The number of benzene rings is 1. The summed E-state index contributed by atoms with van der Waals surface area (Å²) in [6.07, 6.45) is 0.344. The van der Waals surface area contributed by atoms with Crippen LogP contribution in [0.1, 0.15) is 36.4 Å². The number of nitrogens with zero attached hydrogens (tertiary/aromatic N) is 1. The zero-order valence-electron chi connectivity index (χ0n) is 13.5. The number of hydrogen-bond donors (Lipinski definition) is 4. The number of carboxylic acids is 1. The molecule has 0 radical (unpaired) electrons. The van der Waals surface area contributed by atoms with Gasteiger partial charge in [0.05, 0.1) is 0 Å². The van der Waals surface area contributed by atoms with Gasteiger partial charge >= 0.3 is 5.97 Å². The van der Waals surface area contributed by atoms with E-state index in [0.717, 1.165) is 21.8 Å². The Morgan fingerprint density at radius 2 is 1.96 bits per heavy atom. The fourth-order valence-corrected chi connectivity index (χ4v) is 3.20. The molecule has 0 aliphatic carbocycles. The predicted molar refractivity (Wildman–Crippen MR) is 94.9 cm³/mol. The van der Waals surface area contributed by atoms with Gasteiger partial charge < -0.3 is 21.1 Å². The molecule has 26 heavy (non-hydrogen) atoms. The lowest BCUT2D eigenvalue weighted by Crippen LogP contribution is -2.14. The van der Waals surface area contributed by atoms with Crippen molar-refractivity contribution < 1.29 is 19.1 Å². The first kappa shape index (κ1) is 17.6. The number of anilines is 1. The highest BCUT2D eigenvalue weighted by atomic mass is 32.1. The minimum Gasteiger partial charge on any atom is -0.477 e. The molecule has 134 valence electrons. The fourth-order valence-electron chi connectivity index (χ4n) is 2.35. The summed E-state index contributed by atoms with van der Waals surface area (Å²) in [6.45, 7) is 0.340. The first-order valence-electron chi connectivity index (χ1n) is 7.61. The van der Waals surface area contributed by atoms with E-state index in [9.17, 15) is 14.0 Å². The van der Waals surface area contributed by atoms with E-state index >= 15 is 0 Å². The van der Waals surface area contributed by atoms with Crippen LogP contribution in [0.2, 0.25) is 0 Å². The maximum absolute atomic E-state index is 12.9. The van der Waals surface area contributed by atoms with E-state index < -0.39 is 11.9 Å². The summed E-state index contributed by atoms with van der Waals surface area (Å²) in [5.74, 6) is -1.20. The van der Waals surface area contributed by atoms with Crippen LogP contribution < -0.4 is 11.1 Å². The van der Waals surface area contributed by atoms with Gasteiger partial charge in [-0.05, 0) is 29.8 Å². The molecule has 0 unspecified atom stereocenters. The van der Waals surface area contributed by atoms with Crippen molar-refractivity contribution in [3.8, 4) is 0 Å². The lowest BCUT2D eigenvalue weighted by atomic mass is 10.2. The number of imidazole rings is 1. The molecule has 0 aliphatic rings. The molecule has 0 spiro atoms. The van der Waals surface area contributed by atoms with Gasteiger partial charge in [-0.25, -0.2) is 14.2 Å². The summed E-state index contributed by atoms with van der Waals surface area (Å²) in [4.78, 5) is 30.8. The van der Waals surface area contributed by atoms with E-state index in [2.05, 4.69) is 15.3 Å². The summed E-state index contributed by atoms with van der Waals surface area (Å²) >= 11 is 1.14. The number of amides is 1. The number of thiophene rings is 1. The van der Waals surface area contributed by atoms with E-state index in [1.807, 2.05) is 0 Å². The number of carboxylic acid groups (broad SMARTS) is 1. The van der Waals surface area contributed by atoms with Crippen molar-refractivity contribution in [2.45, 2.75) is 13.0 Å². The average molecular weight is 374 g/mol. The van der Waals surface area contributed by atoms with E-state index in [0.29, 0.717) is 24.6 Å². The molecule has 0 fully saturated rings. The molecule has 9 heteroatoms. The van der Waals surface area contributed by atoms with Crippen LogP contribution in [0.3, 0.4) is 0 Å². The zero-order chi connectivity index (χ0) is 18.7. The number of primary amides is 1. The van der Waals surface area contributed by atoms with Crippen molar-refractivity contribution in [2.24, 2.45) is 5.73 Å². The van der Waals surface area contributed by atoms with Crippen LogP contribution in [0.4, 0.5) is 10.2 Å². The Labute approximate surface area is 151 Å². The Morgan fingerprint density at radius 3 is 2.58 bits per heavy atom. The van der Waals surface area contributed by atoms with Gasteiger partial charge in [-0.1, -0.05) is 12.1 Å². The molecule has 3 aromatic rings. The number of aromatic carboxylic acids is 1. The minimum absolute atomic E-state index is 0.136. The Hall–Kier alpha value is -3.20. The van der Waals surface area contributed by atoms with E-state index in [-0.39, 0.29) is 16.4 Å². The highest BCUT2D eigenvalue weighted by Crippen LogP contribution is 2.21. The summed E-state index contributed by atoms with van der Waals surface area (Å²) in [5, 5.41) is 12.0. The van der Waals surface area contributed by atoms with Crippen molar-refractivity contribution in [3.63, 3.8) is 0 Å². The molecule has 0 aliphatic heterocycles. The molecule has 2 aromatic heterocycles. The maximum Gasteiger partial charge on any atom is 0.345 e. The molecule has 0 saturated heterocycles. The highest BCUT2D eigenvalue weighted by molar-refractivity contribution is 7.13. The quantitative estimate of drug-likeness (QED) is 0.506. The second kappa shape index (κ2) is 7.36. The first-order chi connectivity index (χ1) is 12.4. The molecule has 0 atom stereocenters. The third-order valence-electron chi connectivity index (χ3n) is 3.59. The minimum atomic E-state index is -0.986. The van der Waals surface area contributed by atoms with Crippen LogP contribution in [0, 0.1) is 5.82 Å². The Bertz CT molecular complexity index is 949. The number of nitrogens with two attached hydrogens (primary N) is 1. The lowest BCUT2D eigenvalue weighted by molar-refractivity contribution is 0.0702. The zero-order valence-corrected chi connectivity index (χ0v) is 14.3. The SMILES string of the molecule is NC(=O)c1[nH]c(Cc2ccc(C(=O)O)s2)nc1NCc1ccc(F)cc1. The average Bonchev–Trinajstić information content (AvgIpc) is 3.22. The number of carbonyl (C=O) groups excluding carboxylic acids is 1. The Kier molecular flexibility index (Phi) is 4.99. The summed E-state index contributed by atoms with van der Waals surface area (Å²) in [5.41, 5.74) is 6.33. The molecule has 2 heterocycles. The number of nitrogens with one attached hydrogen (secondary N) is 2. The lowest BCUT2D eigenvalue weighted by Gasteiger charge is -2.04. The topological polar surface area (TPSA) is 121 Å². The molecule has 1 amide bonds. The molecule has 0 bridgehead atoms. The fraction of sp³-hybridized carbons (Fsp3) is 0.118. The molecule has 1 aromatic carbocycles. The maximum atomic E-state index is 12.9. The monoisotopic (exact) mass is 374 g/mol. The second-order valence-electron chi connectivity index (χ2n) is 5.50. The third kappa shape index (κ3) is 4.06. The number of hydrogen-bond acceptors (Lipinski definition) is 5. The van der Waals surface area contributed by atoms with Gasteiger partial charge in [0.25, 0.3) is 5.91 Å². The summed E-state index contributed by atoms with van der Waals surface area (Å²) in [7, 11) is 0. The summed E-state index contributed by atoms with van der Waals surface area (Å²) < 4.78 is 12.9. The van der Waals surface area contributed by atoms with Gasteiger partial charge in [0, 0.05) is 17.8 Å². The predicted octanol–water partition coefficient (Wildman–Crippen LogP) is 2.61. The molecule has 7 nitrogen and oxygen atoms in total. The molecular weight excluding hydrogens is 359 g/mol. The van der Waals surface area contributed by atoms with E-state index in [1.54, 1.807) is 18.2 Å². The smallest absolute Gasteiger partial charge is 0.345 e. The molecule has 5 N–H and O–H groups in total. The number of halogens is 1.